The predicted molar refractivity (Wildman–Crippen MR) is 145 cm³/mol. The number of pyridine rings is 1. The highest BCUT2D eigenvalue weighted by Gasteiger charge is 2.32. The van der Waals surface area contributed by atoms with Crippen LogP contribution in [0.1, 0.15) is 50.5 Å². The van der Waals surface area contributed by atoms with Gasteiger partial charge in [0.15, 0.2) is 16.4 Å². The van der Waals surface area contributed by atoms with E-state index in [0.29, 0.717) is 47.7 Å². The molecule has 0 fully saturated rings. The van der Waals surface area contributed by atoms with Crippen LogP contribution in [0.15, 0.2) is 75.5 Å². The molecule has 11 heteroatoms. The van der Waals surface area contributed by atoms with Gasteiger partial charge in [-0.1, -0.05) is 38.5 Å². The van der Waals surface area contributed by atoms with E-state index in [1.807, 2.05) is 13.8 Å². The summed E-state index contributed by atoms with van der Waals surface area (Å²) in [5.74, 6) is 0.0453. The quantitative estimate of drug-likeness (QED) is 0.299. The monoisotopic (exact) mass is 565 g/mol. The summed E-state index contributed by atoms with van der Waals surface area (Å²) in [5.41, 5.74) is 0.858. The van der Waals surface area contributed by atoms with Gasteiger partial charge < -0.3 is 14.6 Å². The molecule has 40 heavy (non-hydrogen) atoms. The van der Waals surface area contributed by atoms with Crippen molar-refractivity contribution in [1.82, 2.24) is 14.5 Å². The van der Waals surface area contributed by atoms with Crippen molar-refractivity contribution in [3.05, 3.63) is 88.5 Å². The summed E-state index contributed by atoms with van der Waals surface area (Å²) in [4.78, 5) is 21.1. The van der Waals surface area contributed by atoms with E-state index in [4.69, 9.17) is 9.47 Å². The Morgan fingerprint density at radius 3 is 2.48 bits per heavy atom. The van der Waals surface area contributed by atoms with Crippen LogP contribution in [-0.2, 0) is 16.3 Å². The third kappa shape index (κ3) is 5.04. The molecule has 0 radical (unpaired) electrons. The molecule has 1 aliphatic heterocycles. The topological polar surface area (TPSA) is 121 Å². The van der Waals surface area contributed by atoms with E-state index in [9.17, 15) is 22.7 Å². The minimum atomic E-state index is -4.48. The molecule has 1 atom stereocenters. The Balaban J connectivity index is 1.62. The number of aromatic hydroxyl groups is 1. The van der Waals surface area contributed by atoms with Gasteiger partial charge in [0.2, 0.25) is 22.5 Å². The summed E-state index contributed by atoms with van der Waals surface area (Å²) in [6.07, 6.45) is 4.84. The molecule has 208 valence electrons. The second-order valence-corrected chi connectivity index (χ2v) is 11.3. The van der Waals surface area contributed by atoms with E-state index < -0.39 is 38.0 Å². The molecule has 0 saturated carbocycles. The van der Waals surface area contributed by atoms with Crippen LogP contribution in [-0.4, -0.2) is 34.9 Å². The number of fused-ring (bicyclic) bond motifs is 1. The number of nitrogens with zero attached hydrogens (tertiary/aromatic N) is 3. The lowest BCUT2D eigenvalue weighted by Gasteiger charge is -2.23. The second-order valence-electron chi connectivity index (χ2n) is 9.42. The zero-order valence-electron chi connectivity index (χ0n) is 22.0. The molecule has 1 N–H and O–H groups in total. The number of ether oxygens (including phenoxy) is 2. The summed E-state index contributed by atoms with van der Waals surface area (Å²) in [7, 11) is -4.48. The molecule has 5 rings (SSSR count). The van der Waals surface area contributed by atoms with Gasteiger partial charge in [0, 0.05) is 18.2 Å². The highest BCUT2D eigenvalue weighted by Crippen LogP contribution is 2.36. The second kappa shape index (κ2) is 11.1. The maximum absolute atomic E-state index is 14.0. The summed E-state index contributed by atoms with van der Waals surface area (Å²) in [6.45, 7) is 3.96. The molecule has 0 amide bonds. The van der Waals surface area contributed by atoms with Crippen molar-refractivity contribution >= 4 is 9.84 Å². The van der Waals surface area contributed by atoms with Crippen molar-refractivity contribution in [2.75, 3.05) is 6.79 Å². The van der Waals surface area contributed by atoms with Crippen molar-refractivity contribution in [2.45, 2.75) is 55.4 Å². The number of hydrogen-bond donors (Lipinski definition) is 1. The van der Waals surface area contributed by atoms with Gasteiger partial charge in [0.25, 0.3) is 5.56 Å². The fraction of sp³-hybridized carbons (Fsp3) is 0.276. The molecule has 1 unspecified atom stereocenters. The standard InChI is InChI=1S/C29H28FN3O6S/c1-3-5-6-26-32-28(34)27(29(35)33(26)23(4-2)19-9-12-24-25(14-19)39-17-38-24)40(36,37)22-10-7-18(8-11-22)20-13-21(30)16-31-15-20/h7-16,23,34H,3-6,17H2,1-2H3. The SMILES string of the molecule is CCCCc1nc(O)c(S(=O)(=O)c2ccc(-c3cncc(F)c3)cc2)c(=O)n1C(CC)c1ccc2c(c1)OCO2. The lowest BCUT2D eigenvalue weighted by atomic mass is 10.0. The van der Waals surface area contributed by atoms with Gasteiger partial charge in [0.05, 0.1) is 17.1 Å². The Bertz CT molecular complexity index is 1720. The first-order chi connectivity index (χ1) is 19.2. The first-order valence-electron chi connectivity index (χ1n) is 12.9. The number of hydrogen-bond acceptors (Lipinski definition) is 8. The van der Waals surface area contributed by atoms with E-state index in [2.05, 4.69) is 9.97 Å². The number of sulfone groups is 1. The van der Waals surface area contributed by atoms with Gasteiger partial charge in [-0.05, 0) is 54.3 Å². The Morgan fingerprint density at radius 2 is 1.77 bits per heavy atom. The highest BCUT2D eigenvalue weighted by molar-refractivity contribution is 7.91. The van der Waals surface area contributed by atoms with Crippen LogP contribution in [0.3, 0.4) is 0 Å². The van der Waals surface area contributed by atoms with Crippen molar-refractivity contribution in [1.29, 1.82) is 0 Å². The molecule has 0 spiro atoms. The molecule has 4 aromatic rings. The maximum Gasteiger partial charge on any atom is 0.277 e. The van der Waals surface area contributed by atoms with Crippen LogP contribution < -0.4 is 15.0 Å². The molecule has 9 nitrogen and oxygen atoms in total. The first kappa shape index (κ1) is 27.3. The van der Waals surface area contributed by atoms with E-state index in [-0.39, 0.29) is 11.7 Å². The summed E-state index contributed by atoms with van der Waals surface area (Å²) < 4.78 is 53.4. The number of benzene rings is 2. The molecule has 2 aromatic heterocycles. The van der Waals surface area contributed by atoms with Crippen LogP contribution in [0.25, 0.3) is 11.1 Å². The van der Waals surface area contributed by atoms with Gasteiger partial charge in [-0.2, -0.15) is 4.98 Å². The predicted octanol–water partition coefficient (Wildman–Crippen LogP) is 5.05. The van der Waals surface area contributed by atoms with Gasteiger partial charge in [-0.25, -0.2) is 12.8 Å². The number of unbranched alkanes of at least 4 members (excludes halogenated alkanes) is 1. The molecule has 3 heterocycles. The lowest BCUT2D eigenvalue weighted by Crippen LogP contribution is -2.33. The molecular formula is C29H28FN3O6S. The summed E-state index contributed by atoms with van der Waals surface area (Å²) in [5, 5.41) is 10.8. The van der Waals surface area contributed by atoms with Crippen molar-refractivity contribution < 1.29 is 27.4 Å². The summed E-state index contributed by atoms with van der Waals surface area (Å²) in [6, 6.07) is 11.6. The number of aromatic nitrogens is 3. The first-order valence-corrected chi connectivity index (χ1v) is 14.4. The van der Waals surface area contributed by atoms with E-state index in [1.54, 1.807) is 18.2 Å². The van der Waals surface area contributed by atoms with Crippen molar-refractivity contribution in [2.24, 2.45) is 0 Å². The van der Waals surface area contributed by atoms with Crippen molar-refractivity contribution in [3.63, 3.8) is 0 Å². The molecule has 0 saturated heterocycles. The van der Waals surface area contributed by atoms with Crippen molar-refractivity contribution in [3.8, 4) is 28.5 Å². The molecule has 0 bridgehead atoms. The maximum atomic E-state index is 14.0. The average Bonchev–Trinajstić information content (AvgIpc) is 3.41. The lowest BCUT2D eigenvalue weighted by molar-refractivity contribution is 0.174. The number of aryl methyl sites for hydroxylation is 1. The minimum Gasteiger partial charge on any atom is -0.492 e. The van der Waals surface area contributed by atoms with Gasteiger partial charge >= 0.3 is 0 Å². The van der Waals surface area contributed by atoms with Crippen LogP contribution in [0.5, 0.6) is 17.4 Å². The third-order valence-corrected chi connectivity index (χ3v) is 8.62. The van der Waals surface area contributed by atoms with Gasteiger partial charge in [0.1, 0.15) is 11.6 Å². The fourth-order valence-electron chi connectivity index (χ4n) is 4.82. The zero-order chi connectivity index (χ0) is 28.4. The van der Waals surface area contributed by atoms with Crippen LogP contribution in [0.2, 0.25) is 0 Å². The molecule has 1 aliphatic rings. The van der Waals surface area contributed by atoms with Crippen LogP contribution in [0, 0.1) is 5.82 Å². The molecule has 0 aliphatic carbocycles. The Morgan fingerprint density at radius 1 is 1.02 bits per heavy atom. The van der Waals surface area contributed by atoms with Gasteiger partial charge in [-0.15, -0.1) is 0 Å². The Labute approximate surface area is 230 Å². The van der Waals surface area contributed by atoms with E-state index in [1.165, 1.54) is 41.1 Å². The Hall–Kier alpha value is -4.25. The third-order valence-electron chi connectivity index (χ3n) is 6.83. The van der Waals surface area contributed by atoms with Crippen LogP contribution >= 0.6 is 0 Å². The largest absolute Gasteiger partial charge is 0.492 e. The van der Waals surface area contributed by atoms with E-state index >= 15 is 0 Å². The molecular weight excluding hydrogens is 537 g/mol. The zero-order valence-corrected chi connectivity index (χ0v) is 22.8. The minimum absolute atomic E-state index is 0.0922. The highest BCUT2D eigenvalue weighted by atomic mass is 32.2. The molecule has 2 aromatic carbocycles. The van der Waals surface area contributed by atoms with E-state index in [0.717, 1.165) is 18.2 Å². The smallest absolute Gasteiger partial charge is 0.277 e. The number of rotatable bonds is 9. The summed E-state index contributed by atoms with van der Waals surface area (Å²) >= 11 is 0. The fourth-order valence-corrected chi connectivity index (χ4v) is 6.16. The Kier molecular flexibility index (Phi) is 7.57. The van der Waals surface area contributed by atoms with Gasteiger partial charge in [-0.3, -0.25) is 14.3 Å². The number of halogens is 1. The van der Waals surface area contributed by atoms with Crippen LogP contribution in [0.4, 0.5) is 4.39 Å². The normalized spacial score (nSPS) is 13.4. The average molecular weight is 566 g/mol.